The molecule has 0 saturated heterocycles. The lowest BCUT2D eigenvalue weighted by molar-refractivity contribution is 0.0925. The Kier molecular flexibility index (Phi) is 5.09. The third kappa shape index (κ3) is 4.10. The van der Waals surface area contributed by atoms with Crippen LogP contribution >= 0.6 is 0 Å². The van der Waals surface area contributed by atoms with E-state index in [4.69, 9.17) is 0 Å². The lowest BCUT2D eigenvalue weighted by atomic mass is 9.88. The molecule has 0 radical (unpaired) electrons. The molecule has 0 heterocycles. The molecule has 17 heavy (non-hydrogen) atoms. The van der Waals surface area contributed by atoms with Gasteiger partial charge in [-0.05, 0) is 19.5 Å². The number of hydrogen-bond acceptors (Lipinski definition) is 2. The third-order valence-corrected chi connectivity index (χ3v) is 3.29. The molecule has 1 aromatic rings. The van der Waals surface area contributed by atoms with Gasteiger partial charge in [-0.15, -0.1) is 0 Å². The number of rotatable bonds is 6. The van der Waals surface area contributed by atoms with Crippen molar-refractivity contribution in [2.24, 2.45) is 5.41 Å². The van der Waals surface area contributed by atoms with Gasteiger partial charge in [0.2, 0.25) is 0 Å². The Bertz CT molecular complexity index is 350. The molecule has 0 aliphatic carbocycles. The molecule has 0 aliphatic rings. The van der Waals surface area contributed by atoms with E-state index in [0.717, 1.165) is 13.0 Å². The van der Waals surface area contributed by atoms with E-state index in [2.05, 4.69) is 11.8 Å². The fourth-order valence-electron chi connectivity index (χ4n) is 1.90. The van der Waals surface area contributed by atoms with Crippen molar-refractivity contribution < 1.29 is 9.50 Å². The van der Waals surface area contributed by atoms with Crippen LogP contribution in [0.2, 0.25) is 0 Å². The molecule has 1 unspecified atom stereocenters. The van der Waals surface area contributed by atoms with E-state index in [-0.39, 0.29) is 17.8 Å². The molecule has 1 aromatic carbocycles. The Morgan fingerprint density at radius 2 is 2.00 bits per heavy atom. The predicted octanol–water partition coefficient (Wildman–Crippen LogP) is 2.67. The van der Waals surface area contributed by atoms with E-state index in [0.29, 0.717) is 12.1 Å². The van der Waals surface area contributed by atoms with Gasteiger partial charge in [-0.1, -0.05) is 32.0 Å². The van der Waals surface area contributed by atoms with Gasteiger partial charge in [0.05, 0.1) is 0 Å². The highest BCUT2D eigenvalue weighted by molar-refractivity contribution is 5.17. The summed E-state index contributed by atoms with van der Waals surface area (Å²) in [6.45, 7) is 5.60. The van der Waals surface area contributed by atoms with E-state index in [9.17, 15) is 9.50 Å². The second kappa shape index (κ2) is 6.12. The van der Waals surface area contributed by atoms with Gasteiger partial charge in [0.25, 0.3) is 0 Å². The van der Waals surface area contributed by atoms with E-state index in [1.54, 1.807) is 12.1 Å². The van der Waals surface area contributed by atoms with Crippen molar-refractivity contribution in [2.75, 3.05) is 20.2 Å². The number of aliphatic hydroxyl groups excluding tert-OH is 1. The molecule has 0 spiro atoms. The van der Waals surface area contributed by atoms with Gasteiger partial charge in [-0.25, -0.2) is 4.39 Å². The van der Waals surface area contributed by atoms with Crippen LogP contribution in [0.1, 0.15) is 25.8 Å². The van der Waals surface area contributed by atoms with Gasteiger partial charge >= 0.3 is 0 Å². The van der Waals surface area contributed by atoms with Crippen LogP contribution in [-0.4, -0.2) is 30.2 Å². The maximum Gasteiger partial charge on any atom is 0.127 e. The van der Waals surface area contributed by atoms with Gasteiger partial charge in [0.1, 0.15) is 5.82 Å². The maximum atomic E-state index is 13.5. The highest BCUT2D eigenvalue weighted by Crippen LogP contribution is 2.22. The first-order chi connectivity index (χ1) is 8.00. The summed E-state index contributed by atoms with van der Waals surface area (Å²) in [5.41, 5.74) is 0.589. The number of halogens is 1. The second-order valence-electron chi connectivity index (χ2n) is 5.09. The summed E-state index contributed by atoms with van der Waals surface area (Å²) in [4.78, 5) is 2.05. The summed E-state index contributed by atoms with van der Waals surface area (Å²) in [6, 6.07) is 6.82. The number of aliphatic hydroxyl groups is 1. The van der Waals surface area contributed by atoms with Crippen LogP contribution < -0.4 is 0 Å². The van der Waals surface area contributed by atoms with Crippen LogP contribution in [0.25, 0.3) is 0 Å². The van der Waals surface area contributed by atoms with Gasteiger partial charge in [-0.3, -0.25) is 0 Å². The maximum absolute atomic E-state index is 13.5. The van der Waals surface area contributed by atoms with Crippen molar-refractivity contribution in [3.8, 4) is 0 Å². The lowest BCUT2D eigenvalue weighted by Gasteiger charge is -2.31. The molecule has 0 bridgehead atoms. The van der Waals surface area contributed by atoms with Crippen molar-refractivity contribution in [1.82, 2.24) is 4.90 Å². The van der Waals surface area contributed by atoms with Crippen molar-refractivity contribution >= 4 is 0 Å². The molecular weight excluding hydrogens is 217 g/mol. The topological polar surface area (TPSA) is 23.5 Å². The molecule has 1 N–H and O–H groups in total. The molecule has 0 saturated carbocycles. The van der Waals surface area contributed by atoms with Gasteiger partial charge < -0.3 is 10.0 Å². The quantitative estimate of drug-likeness (QED) is 0.825. The van der Waals surface area contributed by atoms with Crippen LogP contribution in [0.5, 0.6) is 0 Å². The molecule has 0 fully saturated rings. The van der Waals surface area contributed by atoms with Crippen LogP contribution in [0.15, 0.2) is 24.3 Å². The normalized spacial score (nSPS) is 14.9. The molecule has 96 valence electrons. The highest BCUT2D eigenvalue weighted by atomic mass is 19.1. The largest absolute Gasteiger partial charge is 0.396 e. The second-order valence-corrected chi connectivity index (χ2v) is 5.09. The van der Waals surface area contributed by atoms with Crippen molar-refractivity contribution in [3.63, 3.8) is 0 Å². The smallest absolute Gasteiger partial charge is 0.127 e. The summed E-state index contributed by atoms with van der Waals surface area (Å²) in [5.74, 6) is -0.165. The van der Waals surface area contributed by atoms with E-state index < -0.39 is 0 Å². The molecule has 2 nitrogen and oxygen atoms in total. The fraction of sp³-hybridized carbons (Fsp3) is 0.571. The average Bonchev–Trinajstić information content (AvgIpc) is 2.32. The number of hydrogen-bond donors (Lipinski definition) is 1. The van der Waals surface area contributed by atoms with Crippen molar-refractivity contribution in [1.29, 1.82) is 0 Å². The first kappa shape index (κ1) is 14.1. The van der Waals surface area contributed by atoms with E-state index in [1.165, 1.54) is 6.07 Å². The Morgan fingerprint density at radius 1 is 1.35 bits per heavy atom. The summed E-state index contributed by atoms with van der Waals surface area (Å²) >= 11 is 0. The zero-order valence-electron chi connectivity index (χ0n) is 10.9. The first-order valence-corrected chi connectivity index (χ1v) is 6.03. The van der Waals surface area contributed by atoms with Crippen LogP contribution in [0, 0.1) is 11.2 Å². The van der Waals surface area contributed by atoms with Crippen molar-refractivity contribution in [3.05, 3.63) is 35.6 Å². The molecule has 1 atom stereocenters. The monoisotopic (exact) mass is 239 g/mol. The Morgan fingerprint density at radius 3 is 2.53 bits per heavy atom. The third-order valence-electron chi connectivity index (χ3n) is 3.29. The van der Waals surface area contributed by atoms with Crippen LogP contribution in [0.3, 0.4) is 0 Å². The minimum atomic E-state index is -0.165. The fourth-order valence-corrected chi connectivity index (χ4v) is 1.90. The minimum absolute atomic E-state index is 0.111. The van der Waals surface area contributed by atoms with Gasteiger partial charge in [0, 0.05) is 30.7 Å². The highest BCUT2D eigenvalue weighted by Gasteiger charge is 2.23. The van der Waals surface area contributed by atoms with E-state index in [1.807, 2.05) is 20.0 Å². The van der Waals surface area contributed by atoms with Crippen molar-refractivity contribution in [2.45, 2.75) is 26.8 Å². The predicted molar refractivity (Wildman–Crippen MR) is 68.2 cm³/mol. The Labute approximate surface area is 103 Å². The van der Waals surface area contributed by atoms with Gasteiger partial charge in [-0.2, -0.15) is 0 Å². The first-order valence-electron chi connectivity index (χ1n) is 6.03. The zero-order valence-corrected chi connectivity index (χ0v) is 10.9. The zero-order chi connectivity index (χ0) is 12.9. The summed E-state index contributed by atoms with van der Waals surface area (Å²) in [6.07, 6.45) is 0.908. The molecule has 0 aromatic heterocycles. The molecule has 3 heteroatoms. The number of benzene rings is 1. The van der Waals surface area contributed by atoms with Crippen LogP contribution in [-0.2, 0) is 6.54 Å². The minimum Gasteiger partial charge on any atom is -0.396 e. The van der Waals surface area contributed by atoms with E-state index >= 15 is 0 Å². The molecule has 0 amide bonds. The average molecular weight is 239 g/mol. The SMILES string of the molecule is CCC(C)(CO)CN(C)Cc1ccccc1F. The molecule has 0 aliphatic heterocycles. The molecular formula is C14H22FNO. The lowest BCUT2D eigenvalue weighted by Crippen LogP contribution is -2.35. The van der Waals surface area contributed by atoms with Crippen LogP contribution in [0.4, 0.5) is 4.39 Å². The number of nitrogens with zero attached hydrogens (tertiary/aromatic N) is 1. The summed E-state index contributed by atoms with van der Waals surface area (Å²) in [7, 11) is 1.95. The Balaban J connectivity index is 2.61. The standard InChI is InChI=1S/C14H22FNO/c1-4-14(2,11-17)10-16(3)9-12-7-5-6-8-13(12)15/h5-8,17H,4,9-11H2,1-3H3. The Hall–Kier alpha value is -0.930. The summed E-state index contributed by atoms with van der Waals surface area (Å²) in [5, 5.41) is 9.35. The van der Waals surface area contributed by atoms with Gasteiger partial charge in [0.15, 0.2) is 0 Å². The molecule has 1 rings (SSSR count). The summed E-state index contributed by atoms with van der Waals surface area (Å²) < 4.78 is 13.5.